The fraction of sp³-hybridized carbons (Fsp3) is 0.727. The van der Waals surface area contributed by atoms with E-state index in [-0.39, 0.29) is 0 Å². The van der Waals surface area contributed by atoms with E-state index < -0.39 is 0 Å². The van der Waals surface area contributed by atoms with Crippen LogP contribution in [0, 0.1) is 6.20 Å². The Morgan fingerprint density at radius 3 is 2.93 bits per heavy atom. The van der Waals surface area contributed by atoms with Gasteiger partial charge in [-0.2, -0.15) is 5.10 Å². The summed E-state index contributed by atoms with van der Waals surface area (Å²) in [5.74, 6) is 0.669. The van der Waals surface area contributed by atoms with E-state index in [2.05, 4.69) is 22.9 Å². The number of nitrogens with zero attached hydrogens (tertiary/aromatic N) is 2. The molecule has 1 radical (unpaired) electrons. The summed E-state index contributed by atoms with van der Waals surface area (Å²) in [4.78, 5) is 0. The third kappa shape index (κ3) is 2.11. The number of aromatic nitrogens is 2. The Morgan fingerprint density at radius 1 is 1.50 bits per heavy atom. The van der Waals surface area contributed by atoms with Crippen LogP contribution in [0.3, 0.4) is 0 Å². The van der Waals surface area contributed by atoms with Gasteiger partial charge >= 0.3 is 0 Å². The molecular formula is C11H16ClN2. The summed E-state index contributed by atoms with van der Waals surface area (Å²) in [5, 5.41) is 4.95. The molecule has 0 N–H and O–H groups in total. The lowest BCUT2D eigenvalue weighted by Crippen LogP contribution is -2.04. The largest absolute Gasteiger partial charge is 0.267 e. The van der Waals surface area contributed by atoms with Crippen LogP contribution in [0.2, 0.25) is 5.02 Å². The number of rotatable bonds is 5. The first-order valence-corrected chi connectivity index (χ1v) is 5.84. The molecule has 1 fully saturated rings. The van der Waals surface area contributed by atoms with Gasteiger partial charge in [-0.05, 0) is 19.3 Å². The average molecular weight is 212 g/mol. The fourth-order valence-corrected chi connectivity index (χ4v) is 2.05. The maximum Gasteiger partial charge on any atom is 0.133 e. The highest BCUT2D eigenvalue weighted by Crippen LogP contribution is 2.42. The molecule has 0 spiro atoms. The molecule has 0 atom stereocenters. The van der Waals surface area contributed by atoms with Crippen LogP contribution in [0.1, 0.15) is 50.6 Å². The van der Waals surface area contributed by atoms with Crippen molar-refractivity contribution in [2.75, 3.05) is 0 Å². The van der Waals surface area contributed by atoms with Gasteiger partial charge in [0.05, 0.1) is 10.7 Å². The van der Waals surface area contributed by atoms with Crippen LogP contribution in [0.25, 0.3) is 0 Å². The fourth-order valence-electron chi connectivity index (χ4n) is 1.76. The molecule has 14 heavy (non-hydrogen) atoms. The molecule has 0 saturated heterocycles. The van der Waals surface area contributed by atoms with E-state index >= 15 is 0 Å². The minimum Gasteiger partial charge on any atom is -0.267 e. The second kappa shape index (κ2) is 4.35. The molecular weight excluding hydrogens is 196 g/mol. The second-order valence-electron chi connectivity index (χ2n) is 4.02. The van der Waals surface area contributed by atoms with Gasteiger partial charge < -0.3 is 0 Å². The summed E-state index contributed by atoms with van der Waals surface area (Å²) in [6.45, 7) is 3.22. The lowest BCUT2D eigenvalue weighted by Gasteiger charge is -2.05. The van der Waals surface area contributed by atoms with Gasteiger partial charge in [-0.15, -0.1) is 0 Å². The van der Waals surface area contributed by atoms with Crippen molar-refractivity contribution in [3.8, 4) is 0 Å². The van der Waals surface area contributed by atoms with Crippen LogP contribution in [0.15, 0.2) is 0 Å². The van der Waals surface area contributed by atoms with Crippen molar-refractivity contribution in [3.05, 3.63) is 16.9 Å². The Bertz CT molecular complexity index is 302. The zero-order valence-corrected chi connectivity index (χ0v) is 9.35. The number of unbranched alkanes of at least 4 members (excludes halogenated alkanes) is 2. The van der Waals surface area contributed by atoms with Crippen LogP contribution >= 0.6 is 11.6 Å². The summed E-state index contributed by atoms with van der Waals surface area (Å²) in [5.41, 5.74) is 1.22. The van der Waals surface area contributed by atoms with Crippen molar-refractivity contribution in [2.24, 2.45) is 0 Å². The highest BCUT2D eigenvalue weighted by molar-refractivity contribution is 6.31. The highest BCUT2D eigenvalue weighted by Gasteiger charge is 2.29. The van der Waals surface area contributed by atoms with E-state index in [9.17, 15) is 0 Å². The van der Waals surface area contributed by atoms with Gasteiger partial charge in [0.15, 0.2) is 0 Å². The van der Waals surface area contributed by atoms with Gasteiger partial charge in [-0.25, -0.2) is 0 Å². The lowest BCUT2D eigenvalue weighted by molar-refractivity contribution is 0.533. The SMILES string of the molecule is CCCCCn1n[c]c(Cl)c1C1CC1. The molecule has 3 heteroatoms. The monoisotopic (exact) mass is 211 g/mol. The van der Waals surface area contributed by atoms with Gasteiger partial charge in [-0.1, -0.05) is 31.4 Å². The van der Waals surface area contributed by atoms with Crippen molar-refractivity contribution >= 4 is 11.6 Å². The van der Waals surface area contributed by atoms with Crippen LogP contribution in [-0.2, 0) is 6.54 Å². The van der Waals surface area contributed by atoms with Gasteiger partial charge in [0.2, 0.25) is 0 Å². The summed E-state index contributed by atoms with van der Waals surface area (Å²) in [6.07, 6.45) is 9.12. The Labute approximate surface area is 90.3 Å². The molecule has 2 rings (SSSR count). The van der Waals surface area contributed by atoms with E-state index in [1.165, 1.54) is 37.8 Å². The van der Waals surface area contributed by atoms with Gasteiger partial charge in [-0.3, -0.25) is 4.68 Å². The van der Waals surface area contributed by atoms with Gasteiger partial charge in [0, 0.05) is 12.5 Å². The Kier molecular flexibility index (Phi) is 3.12. The molecule has 1 aromatic heterocycles. The van der Waals surface area contributed by atoms with Crippen LogP contribution in [-0.4, -0.2) is 9.78 Å². The van der Waals surface area contributed by atoms with Crippen LogP contribution in [0.5, 0.6) is 0 Å². The lowest BCUT2D eigenvalue weighted by atomic mass is 10.2. The smallest absolute Gasteiger partial charge is 0.133 e. The van der Waals surface area contributed by atoms with Crippen LogP contribution < -0.4 is 0 Å². The first kappa shape index (κ1) is 10.0. The molecule has 0 bridgehead atoms. The maximum atomic E-state index is 6.05. The summed E-state index contributed by atoms with van der Waals surface area (Å²) in [6, 6.07) is 0. The molecule has 1 aromatic rings. The molecule has 0 aliphatic heterocycles. The van der Waals surface area contributed by atoms with E-state index in [1.807, 2.05) is 0 Å². The molecule has 1 aliphatic carbocycles. The highest BCUT2D eigenvalue weighted by atomic mass is 35.5. The second-order valence-corrected chi connectivity index (χ2v) is 4.39. The Morgan fingerprint density at radius 2 is 2.29 bits per heavy atom. The van der Waals surface area contributed by atoms with Crippen molar-refractivity contribution in [1.82, 2.24) is 9.78 Å². The first-order valence-electron chi connectivity index (χ1n) is 5.46. The van der Waals surface area contributed by atoms with E-state index in [0.717, 1.165) is 11.6 Å². The molecule has 0 aromatic carbocycles. The first-order chi connectivity index (χ1) is 6.83. The average Bonchev–Trinajstić information content (AvgIpc) is 2.93. The minimum absolute atomic E-state index is 0.669. The zero-order valence-electron chi connectivity index (χ0n) is 8.59. The zero-order chi connectivity index (χ0) is 9.97. The number of hydrogen-bond acceptors (Lipinski definition) is 1. The van der Waals surface area contributed by atoms with E-state index in [4.69, 9.17) is 11.6 Å². The van der Waals surface area contributed by atoms with E-state index in [0.29, 0.717) is 5.92 Å². The molecule has 77 valence electrons. The number of aryl methyl sites for hydroxylation is 1. The molecule has 0 amide bonds. The summed E-state index contributed by atoms with van der Waals surface area (Å²) < 4.78 is 2.05. The predicted octanol–water partition coefficient (Wildman–Crippen LogP) is 3.40. The Hall–Kier alpha value is -0.500. The predicted molar refractivity (Wildman–Crippen MR) is 57.6 cm³/mol. The Balaban J connectivity index is 2.01. The molecule has 0 unspecified atom stereocenters. The third-order valence-electron chi connectivity index (χ3n) is 2.71. The molecule has 2 nitrogen and oxygen atoms in total. The third-order valence-corrected chi connectivity index (χ3v) is 2.99. The van der Waals surface area contributed by atoms with Crippen LogP contribution in [0.4, 0.5) is 0 Å². The van der Waals surface area contributed by atoms with Gasteiger partial charge in [0.1, 0.15) is 6.20 Å². The summed E-state index contributed by atoms with van der Waals surface area (Å²) >= 11 is 6.05. The van der Waals surface area contributed by atoms with E-state index in [1.54, 1.807) is 0 Å². The molecule has 1 heterocycles. The number of hydrogen-bond donors (Lipinski definition) is 0. The normalized spacial score (nSPS) is 16.1. The standard InChI is InChI=1S/C11H16ClN2/c1-2-3-4-7-14-11(9-5-6-9)10(12)8-13-14/h9H,2-7H2,1H3. The van der Waals surface area contributed by atoms with Gasteiger partial charge in [0.25, 0.3) is 0 Å². The van der Waals surface area contributed by atoms with Crippen molar-refractivity contribution in [3.63, 3.8) is 0 Å². The quantitative estimate of drug-likeness (QED) is 0.683. The van der Waals surface area contributed by atoms with Crippen molar-refractivity contribution < 1.29 is 0 Å². The molecule has 1 aliphatic rings. The molecule has 1 saturated carbocycles. The van der Waals surface area contributed by atoms with Crippen molar-refractivity contribution in [2.45, 2.75) is 51.5 Å². The topological polar surface area (TPSA) is 17.8 Å². The number of halogens is 1. The summed E-state index contributed by atoms with van der Waals surface area (Å²) in [7, 11) is 0. The van der Waals surface area contributed by atoms with Crippen molar-refractivity contribution in [1.29, 1.82) is 0 Å². The minimum atomic E-state index is 0.669. The maximum absolute atomic E-state index is 6.05.